The summed E-state index contributed by atoms with van der Waals surface area (Å²) in [6.45, 7) is 5.92. The van der Waals surface area contributed by atoms with Crippen molar-refractivity contribution in [3.05, 3.63) is 35.6 Å². The van der Waals surface area contributed by atoms with Crippen molar-refractivity contribution in [2.45, 2.75) is 13.3 Å². The van der Waals surface area contributed by atoms with Crippen LogP contribution in [0.2, 0.25) is 0 Å². The van der Waals surface area contributed by atoms with E-state index in [1.807, 2.05) is 14.0 Å². The molecule has 0 aromatic rings. The zero-order valence-corrected chi connectivity index (χ0v) is 6.57. The highest BCUT2D eigenvalue weighted by Crippen LogP contribution is 2.21. The van der Waals surface area contributed by atoms with Crippen molar-refractivity contribution in [2.24, 2.45) is 0 Å². The Morgan fingerprint density at radius 3 is 2.60 bits per heavy atom. The quantitative estimate of drug-likeness (QED) is 0.610. The Balaban J connectivity index is 2.56. The first-order chi connectivity index (χ1) is 4.74. The van der Waals surface area contributed by atoms with E-state index < -0.39 is 0 Å². The zero-order chi connectivity index (χ0) is 7.56. The lowest BCUT2D eigenvalue weighted by Gasteiger charge is -2.02. The number of hydrogen-bond donors (Lipinski definition) is 1. The predicted molar refractivity (Wildman–Crippen MR) is 44.7 cm³/mol. The van der Waals surface area contributed by atoms with E-state index in [4.69, 9.17) is 0 Å². The number of allylic oxidation sites excluding steroid dienone is 4. The van der Waals surface area contributed by atoms with E-state index >= 15 is 0 Å². The lowest BCUT2D eigenvalue weighted by atomic mass is 10.1. The van der Waals surface area contributed by atoms with Gasteiger partial charge in [0.25, 0.3) is 0 Å². The molecule has 0 amide bonds. The van der Waals surface area contributed by atoms with E-state index in [0.29, 0.717) is 0 Å². The maximum atomic E-state index is 3.88. The molecule has 10 heavy (non-hydrogen) atoms. The predicted octanol–water partition coefficient (Wildman–Crippen LogP) is 2.00. The molecule has 0 spiro atoms. The highest BCUT2D eigenvalue weighted by atomic mass is 14.8. The summed E-state index contributed by atoms with van der Waals surface area (Å²) in [5.41, 5.74) is 3.78. The van der Waals surface area contributed by atoms with Crippen molar-refractivity contribution in [1.82, 2.24) is 5.32 Å². The summed E-state index contributed by atoms with van der Waals surface area (Å²) >= 11 is 0. The summed E-state index contributed by atoms with van der Waals surface area (Å²) in [6, 6.07) is 0. The normalized spacial score (nSPS) is 16.2. The third kappa shape index (κ3) is 1.29. The molecular formula is C9H13N. The molecule has 1 rings (SSSR count). The molecule has 1 heteroatoms. The third-order valence-corrected chi connectivity index (χ3v) is 1.74. The van der Waals surface area contributed by atoms with E-state index in [9.17, 15) is 0 Å². The Morgan fingerprint density at radius 2 is 2.30 bits per heavy atom. The number of nitrogens with one attached hydrogen (secondary N) is 1. The summed E-state index contributed by atoms with van der Waals surface area (Å²) in [6.07, 6.45) is 5.24. The van der Waals surface area contributed by atoms with Gasteiger partial charge in [-0.3, -0.25) is 0 Å². The lowest BCUT2D eigenvalue weighted by molar-refractivity contribution is 0.935. The summed E-state index contributed by atoms with van der Waals surface area (Å²) in [7, 11) is 1.95. The van der Waals surface area contributed by atoms with Crippen LogP contribution in [0.5, 0.6) is 0 Å². The monoisotopic (exact) mass is 135 g/mol. The largest absolute Gasteiger partial charge is 0.391 e. The van der Waals surface area contributed by atoms with Gasteiger partial charge in [-0.25, -0.2) is 0 Å². The van der Waals surface area contributed by atoms with Crippen LogP contribution < -0.4 is 5.32 Å². The van der Waals surface area contributed by atoms with Crippen molar-refractivity contribution >= 4 is 0 Å². The van der Waals surface area contributed by atoms with Crippen LogP contribution in [0, 0.1) is 0 Å². The van der Waals surface area contributed by atoms with Crippen molar-refractivity contribution in [3.63, 3.8) is 0 Å². The van der Waals surface area contributed by atoms with Gasteiger partial charge in [-0.1, -0.05) is 18.2 Å². The summed E-state index contributed by atoms with van der Waals surface area (Å²) in [4.78, 5) is 0. The highest BCUT2D eigenvalue weighted by molar-refractivity contribution is 5.39. The maximum Gasteiger partial charge on any atom is 0.0149 e. The van der Waals surface area contributed by atoms with Gasteiger partial charge in [0.05, 0.1) is 0 Å². The fraction of sp³-hybridized carbons (Fsp3) is 0.333. The molecule has 0 aromatic carbocycles. The molecule has 54 valence electrons. The van der Waals surface area contributed by atoms with Gasteiger partial charge in [0.1, 0.15) is 0 Å². The van der Waals surface area contributed by atoms with Crippen molar-refractivity contribution in [1.29, 1.82) is 0 Å². The van der Waals surface area contributed by atoms with Gasteiger partial charge in [-0.2, -0.15) is 0 Å². The van der Waals surface area contributed by atoms with Gasteiger partial charge in [0.15, 0.2) is 0 Å². The van der Waals surface area contributed by atoms with E-state index in [2.05, 4.69) is 24.0 Å². The van der Waals surface area contributed by atoms with Gasteiger partial charge in [-0.05, 0) is 18.6 Å². The fourth-order valence-corrected chi connectivity index (χ4v) is 0.989. The van der Waals surface area contributed by atoms with E-state index in [0.717, 1.165) is 6.42 Å². The molecule has 0 heterocycles. The van der Waals surface area contributed by atoms with Crippen molar-refractivity contribution in [2.75, 3.05) is 7.05 Å². The molecule has 1 nitrogen and oxygen atoms in total. The standard InChI is InChI=1S/C9H13N/c1-7(2)8-4-5-9(6-8)10-3/h4-5,10H,1,6H2,2-3H3. The molecule has 0 atom stereocenters. The van der Waals surface area contributed by atoms with Gasteiger partial charge in [0, 0.05) is 19.2 Å². The number of hydrogen-bond acceptors (Lipinski definition) is 1. The average molecular weight is 135 g/mol. The van der Waals surface area contributed by atoms with Crippen LogP contribution in [0.1, 0.15) is 13.3 Å². The van der Waals surface area contributed by atoms with Crippen LogP contribution in [0.25, 0.3) is 0 Å². The second-order valence-corrected chi connectivity index (χ2v) is 2.59. The van der Waals surface area contributed by atoms with Crippen LogP contribution >= 0.6 is 0 Å². The van der Waals surface area contributed by atoms with Crippen LogP contribution in [0.3, 0.4) is 0 Å². The third-order valence-electron chi connectivity index (χ3n) is 1.74. The first kappa shape index (κ1) is 7.13. The first-order valence-electron chi connectivity index (χ1n) is 3.47. The summed E-state index contributed by atoms with van der Waals surface area (Å²) in [5.74, 6) is 0. The van der Waals surface area contributed by atoms with E-state index in [-0.39, 0.29) is 0 Å². The van der Waals surface area contributed by atoms with E-state index in [1.54, 1.807) is 0 Å². The van der Waals surface area contributed by atoms with Crippen LogP contribution in [-0.2, 0) is 0 Å². The Hall–Kier alpha value is -0.980. The molecule has 0 unspecified atom stereocenters. The molecule has 0 aromatic heterocycles. The molecule has 0 bridgehead atoms. The zero-order valence-electron chi connectivity index (χ0n) is 6.57. The minimum absolute atomic E-state index is 1.02. The van der Waals surface area contributed by atoms with E-state index in [1.165, 1.54) is 16.8 Å². The molecule has 0 saturated heterocycles. The molecular weight excluding hydrogens is 122 g/mol. The average Bonchev–Trinajstić information content (AvgIpc) is 2.34. The van der Waals surface area contributed by atoms with Crippen molar-refractivity contribution in [3.8, 4) is 0 Å². The number of rotatable bonds is 2. The molecule has 0 fully saturated rings. The Bertz CT molecular complexity index is 209. The minimum Gasteiger partial charge on any atom is -0.391 e. The SMILES string of the molecule is C=C(C)C1=CC=C(NC)C1. The minimum atomic E-state index is 1.02. The Morgan fingerprint density at radius 1 is 1.60 bits per heavy atom. The smallest absolute Gasteiger partial charge is 0.0149 e. The van der Waals surface area contributed by atoms with Gasteiger partial charge in [0.2, 0.25) is 0 Å². The Labute approximate surface area is 62.1 Å². The second kappa shape index (κ2) is 2.74. The summed E-state index contributed by atoms with van der Waals surface area (Å²) in [5, 5.41) is 3.12. The fourth-order valence-electron chi connectivity index (χ4n) is 0.989. The topological polar surface area (TPSA) is 12.0 Å². The Kier molecular flexibility index (Phi) is 1.95. The molecule has 0 radical (unpaired) electrons. The molecule has 1 N–H and O–H groups in total. The lowest BCUT2D eigenvalue weighted by Crippen LogP contribution is -2.03. The maximum absolute atomic E-state index is 3.88. The highest BCUT2D eigenvalue weighted by Gasteiger charge is 2.05. The van der Waals surface area contributed by atoms with Crippen LogP contribution in [0.4, 0.5) is 0 Å². The van der Waals surface area contributed by atoms with Crippen LogP contribution in [-0.4, -0.2) is 7.05 Å². The first-order valence-corrected chi connectivity index (χ1v) is 3.47. The van der Waals surface area contributed by atoms with Gasteiger partial charge >= 0.3 is 0 Å². The van der Waals surface area contributed by atoms with Crippen LogP contribution in [0.15, 0.2) is 35.6 Å². The second-order valence-electron chi connectivity index (χ2n) is 2.59. The molecule has 0 aliphatic heterocycles. The molecule has 1 aliphatic rings. The van der Waals surface area contributed by atoms with Crippen molar-refractivity contribution < 1.29 is 0 Å². The summed E-state index contributed by atoms with van der Waals surface area (Å²) < 4.78 is 0. The molecule has 0 saturated carbocycles. The van der Waals surface area contributed by atoms with Gasteiger partial charge < -0.3 is 5.32 Å². The van der Waals surface area contributed by atoms with Gasteiger partial charge in [-0.15, -0.1) is 0 Å². The molecule has 1 aliphatic carbocycles.